The Labute approximate surface area is 208 Å². The van der Waals surface area contributed by atoms with E-state index in [0.29, 0.717) is 19.5 Å². The van der Waals surface area contributed by atoms with Crippen LogP contribution in [-0.2, 0) is 25.5 Å². The van der Waals surface area contributed by atoms with E-state index >= 15 is 0 Å². The van der Waals surface area contributed by atoms with Gasteiger partial charge >= 0.3 is 0 Å². The predicted molar refractivity (Wildman–Crippen MR) is 132 cm³/mol. The first kappa shape index (κ1) is 26.1. The third-order valence-electron chi connectivity index (χ3n) is 6.52. The Balaban J connectivity index is 1.52. The molecule has 8 nitrogen and oxygen atoms in total. The van der Waals surface area contributed by atoms with Crippen LogP contribution < -0.4 is 10.6 Å². The van der Waals surface area contributed by atoms with Crippen molar-refractivity contribution in [2.24, 2.45) is 5.92 Å². The smallest absolute Gasteiger partial charge is 0.246 e. The topological polar surface area (TPSA) is 91.0 Å². The minimum absolute atomic E-state index is 0.0246. The molecule has 2 fully saturated rings. The van der Waals surface area contributed by atoms with Crippen molar-refractivity contribution in [3.63, 3.8) is 0 Å². The number of thiophene rings is 1. The monoisotopic (exact) mass is 542 g/mol. The number of nitrogens with zero attached hydrogens (tertiary/aromatic N) is 2. The molecule has 0 bridgehead atoms. The predicted octanol–water partition coefficient (Wildman–Crippen LogP) is 2.02. The van der Waals surface area contributed by atoms with Crippen LogP contribution in [-0.4, -0.2) is 85.5 Å². The van der Waals surface area contributed by atoms with E-state index in [9.17, 15) is 14.4 Å². The maximum Gasteiger partial charge on any atom is 0.246 e. The average molecular weight is 544 g/mol. The lowest BCUT2D eigenvalue weighted by atomic mass is 10.0. The molecule has 1 aliphatic carbocycles. The van der Waals surface area contributed by atoms with Crippen molar-refractivity contribution in [1.82, 2.24) is 20.4 Å². The number of hydrogen-bond donors (Lipinski definition) is 2. The average Bonchev–Trinajstić information content (AvgIpc) is 3.41. The number of methoxy groups -OCH3 is 1. The van der Waals surface area contributed by atoms with Gasteiger partial charge in [-0.3, -0.25) is 19.3 Å². The maximum absolute atomic E-state index is 13.0. The minimum Gasteiger partial charge on any atom is -0.375 e. The number of piperazine rings is 1. The number of amides is 3. The summed E-state index contributed by atoms with van der Waals surface area (Å²) in [5, 5.41) is 7.99. The summed E-state index contributed by atoms with van der Waals surface area (Å²) in [4.78, 5) is 42.0. The number of carbonyl (C=O) groups excluding carboxylic acids is 3. The molecule has 3 atom stereocenters. The summed E-state index contributed by atoms with van der Waals surface area (Å²) < 4.78 is 5.90. The van der Waals surface area contributed by atoms with E-state index in [1.54, 1.807) is 11.3 Å². The van der Waals surface area contributed by atoms with Crippen molar-refractivity contribution in [2.75, 3.05) is 39.9 Å². The fourth-order valence-electron chi connectivity index (χ4n) is 4.72. The third-order valence-corrected chi connectivity index (χ3v) is 8.33. The number of ether oxygens (including phenoxy) is 1. The zero-order chi connectivity index (χ0) is 24.0. The Hall–Kier alpha value is -1.49. The number of nitrogens with one attached hydrogen (secondary N) is 2. The van der Waals surface area contributed by atoms with Gasteiger partial charge in [0, 0.05) is 45.4 Å². The van der Waals surface area contributed by atoms with Crippen LogP contribution in [0.2, 0.25) is 0 Å². The molecule has 33 heavy (non-hydrogen) atoms. The van der Waals surface area contributed by atoms with Gasteiger partial charge in [0.1, 0.15) is 12.6 Å². The molecule has 2 N–H and O–H groups in total. The van der Waals surface area contributed by atoms with Crippen LogP contribution >= 0.6 is 27.3 Å². The van der Waals surface area contributed by atoms with Crippen molar-refractivity contribution in [1.29, 1.82) is 0 Å². The zero-order valence-electron chi connectivity index (χ0n) is 19.6. The normalized spacial score (nSPS) is 22.4. The Morgan fingerprint density at radius 3 is 2.55 bits per heavy atom. The zero-order valence-corrected chi connectivity index (χ0v) is 22.0. The Kier molecular flexibility index (Phi) is 9.72. The lowest BCUT2D eigenvalue weighted by Gasteiger charge is -2.40. The number of halogens is 1. The molecule has 0 radical (unpaired) electrons. The summed E-state index contributed by atoms with van der Waals surface area (Å²) in [5.41, 5.74) is 1.04. The SMILES string of the molecule is COCC(=O)N[C@H](C(=O)N[C@@H]1CCC[C@@H]1N1CCN(C(=O)Cc2ccsc2Br)CC1)C(C)C. The second-order valence-electron chi connectivity index (χ2n) is 9.15. The van der Waals surface area contributed by atoms with E-state index in [1.165, 1.54) is 7.11 Å². The molecule has 0 aromatic carbocycles. The van der Waals surface area contributed by atoms with Gasteiger partial charge in [-0.2, -0.15) is 0 Å². The first-order valence-corrected chi connectivity index (χ1v) is 13.3. The van der Waals surface area contributed by atoms with E-state index < -0.39 is 6.04 Å². The fourth-order valence-corrected chi connectivity index (χ4v) is 5.96. The Morgan fingerprint density at radius 2 is 1.94 bits per heavy atom. The van der Waals surface area contributed by atoms with Gasteiger partial charge in [0.15, 0.2) is 0 Å². The molecule has 184 valence electrons. The van der Waals surface area contributed by atoms with Gasteiger partial charge in [-0.25, -0.2) is 0 Å². The van der Waals surface area contributed by atoms with Gasteiger partial charge in [-0.15, -0.1) is 11.3 Å². The summed E-state index contributed by atoms with van der Waals surface area (Å²) in [5.74, 6) is -0.286. The Morgan fingerprint density at radius 1 is 1.21 bits per heavy atom. The van der Waals surface area contributed by atoms with Gasteiger partial charge in [0.25, 0.3) is 0 Å². The van der Waals surface area contributed by atoms with Crippen molar-refractivity contribution in [3.8, 4) is 0 Å². The van der Waals surface area contributed by atoms with Gasteiger partial charge in [-0.05, 0) is 58.1 Å². The molecule has 0 unspecified atom stereocenters. The van der Waals surface area contributed by atoms with Crippen LogP contribution in [0.4, 0.5) is 0 Å². The molecule has 10 heteroatoms. The Bertz CT molecular complexity index is 825. The van der Waals surface area contributed by atoms with E-state index in [4.69, 9.17) is 4.74 Å². The van der Waals surface area contributed by atoms with Gasteiger partial charge < -0.3 is 20.3 Å². The second-order valence-corrected chi connectivity index (χ2v) is 11.4. The standard InChI is InChI=1S/C23H35BrN4O4S/c1-15(2)21(26-19(29)14-32-3)23(31)25-17-5-4-6-18(17)27-8-10-28(11-9-27)20(30)13-16-7-12-33-22(16)24/h7,12,15,17-18,21H,4-6,8-11,13-14H2,1-3H3,(H,25,31)(H,26,29)/t17-,18+,21+/m1/s1. The van der Waals surface area contributed by atoms with Crippen molar-refractivity contribution < 1.29 is 19.1 Å². The summed E-state index contributed by atoms with van der Waals surface area (Å²) in [6.07, 6.45) is 3.45. The number of rotatable bonds is 9. The summed E-state index contributed by atoms with van der Waals surface area (Å²) in [6, 6.07) is 1.73. The highest BCUT2D eigenvalue weighted by Crippen LogP contribution is 2.27. The van der Waals surface area contributed by atoms with Crippen LogP contribution in [0.3, 0.4) is 0 Å². The number of hydrogen-bond acceptors (Lipinski definition) is 6. The maximum atomic E-state index is 13.0. The molecular formula is C23H35BrN4O4S. The fraction of sp³-hybridized carbons (Fsp3) is 0.696. The molecule has 1 aromatic rings. The van der Waals surface area contributed by atoms with E-state index in [1.807, 2.05) is 30.2 Å². The van der Waals surface area contributed by atoms with Crippen LogP contribution in [0.15, 0.2) is 15.2 Å². The molecule has 3 amide bonds. The highest BCUT2D eigenvalue weighted by Gasteiger charge is 2.37. The molecule has 1 aliphatic heterocycles. The number of carbonyl (C=O) groups is 3. The third kappa shape index (κ3) is 7.00. The molecule has 0 spiro atoms. The first-order valence-electron chi connectivity index (χ1n) is 11.6. The second kappa shape index (κ2) is 12.3. The largest absolute Gasteiger partial charge is 0.375 e. The molecule has 1 saturated carbocycles. The lowest BCUT2D eigenvalue weighted by Crippen LogP contribution is -2.59. The summed E-state index contributed by atoms with van der Waals surface area (Å²) >= 11 is 5.11. The summed E-state index contributed by atoms with van der Waals surface area (Å²) in [6.45, 7) is 6.83. The quantitative estimate of drug-likeness (QED) is 0.498. The lowest BCUT2D eigenvalue weighted by molar-refractivity contribution is -0.133. The van der Waals surface area contributed by atoms with Crippen molar-refractivity contribution in [3.05, 3.63) is 20.8 Å². The van der Waals surface area contributed by atoms with Crippen LogP contribution in [0.5, 0.6) is 0 Å². The summed E-state index contributed by atoms with van der Waals surface area (Å²) in [7, 11) is 1.46. The molecule has 1 aromatic heterocycles. The van der Waals surface area contributed by atoms with Gasteiger partial charge in [0.2, 0.25) is 17.7 Å². The van der Waals surface area contributed by atoms with Gasteiger partial charge in [-0.1, -0.05) is 13.8 Å². The highest BCUT2D eigenvalue weighted by molar-refractivity contribution is 9.11. The highest BCUT2D eigenvalue weighted by atomic mass is 79.9. The van der Waals surface area contributed by atoms with Crippen LogP contribution in [0, 0.1) is 5.92 Å². The molecule has 2 heterocycles. The molecule has 1 saturated heterocycles. The van der Waals surface area contributed by atoms with E-state index in [2.05, 4.69) is 31.5 Å². The first-order chi connectivity index (χ1) is 15.8. The minimum atomic E-state index is -0.584. The van der Waals surface area contributed by atoms with Crippen molar-refractivity contribution in [2.45, 2.75) is 57.7 Å². The molecule has 3 rings (SSSR count). The van der Waals surface area contributed by atoms with E-state index in [0.717, 1.165) is 41.7 Å². The van der Waals surface area contributed by atoms with Gasteiger partial charge in [0.05, 0.1) is 10.2 Å². The van der Waals surface area contributed by atoms with Crippen molar-refractivity contribution >= 4 is 45.0 Å². The van der Waals surface area contributed by atoms with E-state index in [-0.39, 0.29) is 42.3 Å². The van der Waals surface area contributed by atoms with Crippen LogP contribution in [0.1, 0.15) is 38.7 Å². The molecular weight excluding hydrogens is 508 g/mol. The van der Waals surface area contributed by atoms with Crippen LogP contribution in [0.25, 0.3) is 0 Å². The molecule has 2 aliphatic rings.